The molecule has 11 rings (SSSR count). The van der Waals surface area contributed by atoms with Gasteiger partial charge in [-0.25, -0.2) is 9.97 Å². The molecule has 0 unspecified atom stereocenters. The number of furan rings is 1. The van der Waals surface area contributed by atoms with E-state index in [9.17, 15) is 0 Å². The van der Waals surface area contributed by atoms with Gasteiger partial charge in [0.2, 0.25) is 5.71 Å². The lowest BCUT2D eigenvalue weighted by molar-refractivity contribution is 0.653. The summed E-state index contributed by atoms with van der Waals surface area (Å²) >= 11 is 0. The van der Waals surface area contributed by atoms with Crippen molar-refractivity contribution >= 4 is 43.9 Å². The minimum Gasteiger partial charge on any atom is -0.438 e. The zero-order valence-electron chi connectivity index (χ0n) is 30.3. The van der Waals surface area contributed by atoms with Crippen molar-refractivity contribution < 1.29 is 4.42 Å². The van der Waals surface area contributed by atoms with Gasteiger partial charge in [0.25, 0.3) is 0 Å². The Hall–Kier alpha value is -7.56. The van der Waals surface area contributed by atoms with E-state index in [1.807, 2.05) is 18.2 Å². The maximum absolute atomic E-state index is 6.25. The van der Waals surface area contributed by atoms with Crippen molar-refractivity contribution in [3.63, 3.8) is 0 Å². The summed E-state index contributed by atoms with van der Waals surface area (Å²) in [6.45, 7) is 0. The summed E-state index contributed by atoms with van der Waals surface area (Å²) in [6.07, 6.45) is 1.61. The topological polar surface area (TPSA) is 43.9 Å². The highest BCUT2D eigenvalue weighted by atomic mass is 16.3. The summed E-state index contributed by atoms with van der Waals surface area (Å²) in [5, 5.41) is 4.30. The quantitative estimate of drug-likeness (QED) is 0.172. The molecule has 262 valence electrons. The Bertz CT molecular complexity index is 3060. The van der Waals surface area contributed by atoms with Gasteiger partial charge in [-0.05, 0) is 75.8 Å². The number of rotatable bonds is 6. The van der Waals surface area contributed by atoms with Crippen LogP contribution in [0.2, 0.25) is 0 Å². The molecule has 0 fully saturated rings. The molecule has 0 spiro atoms. The van der Waals surface area contributed by atoms with Crippen LogP contribution >= 0.6 is 0 Å². The first-order chi connectivity index (χ1) is 27.8. The molecule has 0 aliphatic rings. The van der Waals surface area contributed by atoms with Crippen LogP contribution in [0.5, 0.6) is 0 Å². The Morgan fingerprint density at radius 1 is 0.375 bits per heavy atom. The molecule has 4 nitrogen and oxygen atoms in total. The first-order valence-electron chi connectivity index (χ1n) is 18.9. The second-order valence-corrected chi connectivity index (χ2v) is 14.2. The van der Waals surface area contributed by atoms with Gasteiger partial charge >= 0.3 is 0 Å². The van der Waals surface area contributed by atoms with Gasteiger partial charge in [-0.1, -0.05) is 152 Å². The highest BCUT2D eigenvalue weighted by molar-refractivity contribution is 6.14. The predicted molar refractivity (Wildman–Crippen MR) is 231 cm³/mol. The van der Waals surface area contributed by atoms with Crippen molar-refractivity contribution in [2.24, 2.45) is 0 Å². The fraction of sp³-hybridized carbons (Fsp3) is 0. The van der Waals surface area contributed by atoms with Crippen LogP contribution in [0.15, 0.2) is 205 Å². The molecule has 0 bridgehead atoms. The summed E-state index contributed by atoms with van der Waals surface area (Å²) in [7, 11) is 0. The van der Waals surface area contributed by atoms with Gasteiger partial charge in [0.05, 0.1) is 27.8 Å². The van der Waals surface area contributed by atoms with Crippen molar-refractivity contribution in [3.05, 3.63) is 200 Å². The number of aromatic nitrogens is 3. The van der Waals surface area contributed by atoms with Crippen molar-refractivity contribution in [3.8, 4) is 61.5 Å². The highest BCUT2D eigenvalue weighted by Gasteiger charge is 2.24. The molecule has 0 saturated heterocycles. The van der Waals surface area contributed by atoms with E-state index in [0.29, 0.717) is 5.71 Å². The van der Waals surface area contributed by atoms with E-state index in [2.05, 4.69) is 185 Å². The smallest absolute Gasteiger partial charge is 0.230 e. The number of para-hydroxylation sites is 1. The van der Waals surface area contributed by atoms with Gasteiger partial charge in [0.15, 0.2) is 0 Å². The molecule has 3 aromatic heterocycles. The third-order valence-electron chi connectivity index (χ3n) is 10.9. The Morgan fingerprint density at radius 2 is 0.857 bits per heavy atom. The van der Waals surface area contributed by atoms with Crippen molar-refractivity contribution in [1.82, 2.24) is 14.5 Å². The van der Waals surface area contributed by atoms with E-state index in [4.69, 9.17) is 9.40 Å². The number of benzene rings is 8. The second kappa shape index (κ2) is 13.1. The fourth-order valence-corrected chi connectivity index (χ4v) is 8.35. The standard InChI is InChI=1S/C52H33N3O/c1-5-15-34(16-6-1)38-25-27-46-44(29-38)45-30-39(35-17-7-2-8-18-35)26-28-47(45)55(46)51-42(36-19-9-3-10-20-36)31-40(32-43(51)37-21-11-4-12-22-37)50-49-41-23-13-14-24-48(41)56-52(49)54-33-53-50/h1-33H. The van der Waals surface area contributed by atoms with Crippen molar-refractivity contribution in [2.45, 2.75) is 0 Å². The minimum atomic E-state index is 0.577. The van der Waals surface area contributed by atoms with E-state index in [1.165, 1.54) is 33.0 Å². The molecular formula is C52H33N3O. The summed E-state index contributed by atoms with van der Waals surface area (Å²) in [5.41, 5.74) is 15.7. The van der Waals surface area contributed by atoms with E-state index < -0.39 is 0 Å². The van der Waals surface area contributed by atoms with Crippen LogP contribution in [0, 0.1) is 0 Å². The van der Waals surface area contributed by atoms with Crippen LogP contribution in [-0.4, -0.2) is 14.5 Å². The minimum absolute atomic E-state index is 0.577. The predicted octanol–water partition coefficient (Wildman–Crippen LogP) is 13.8. The molecule has 3 heterocycles. The Labute approximate surface area is 323 Å². The van der Waals surface area contributed by atoms with Gasteiger partial charge in [-0.3, -0.25) is 0 Å². The van der Waals surface area contributed by atoms with Crippen LogP contribution in [-0.2, 0) is 0 Å². The van der Waals surface area contributed by atoms with Crippen LogP contribution in [0.4, 0.5) is 0 Å². The average Bonchev–Trinajstić information content (AvgIpc) is 3.82. The van der Waals surface area contributed by atoms with Gasteiger partial charge in [0, 0.05) is 32.8 Å². The van der Waals surface area contributed by atoms with Gasteiger partial charge in [-0.2, -0.15) is 0 Å². The molecule has 0 atom stereocenters. The lowest BCUT2D eigenvalue weighted by atomic mass is 9.91. The van der Waals surface area contributed by atoms with E-state index in [0.717, 1.165) is 66.6 Å². The largest absolute Gasteiger partial charge is 0.438 e. The molecule has 0 aliphatic heterocycles. The number of hydrogen-bond donors (Lipinski definition) is 0. The third-order valence-corrected chi connectivity index (χ3v) is 10.9. The van der Waals surface area contributed by atoms with Gasteiger partial charge < -0.3 is 8.98 Å². The van der Waals surface area contributed by atoms with E-state index in [-0.39, 0.29) is 0 Å². The summed E-state index contributed by atoms with van der Waals surface area (Å²) in [5.74, 6) is 0. The molecule has 0 amide bonds. The monoisotopic (exact) mass is 715 g/mol. The molecule has 56 heavy (non-hydrogen) atoms. The van der Waals surface area contributed by atoms with Gasteiger partial charge in [0.1, 0.15) is 11.9 Å². The Balaban J connectivity index is 1.27. The molecule has 0 saturated carbocycles. The average molecular weight is 716 g/mol. The normalized spacial score (nSPS) is 11.6. The Kier molecular flexibility index (Phi) is 7.46. The maximum Gasteiger partial charge on any atom is 0.230 e. The number of nitrogens with zero attached hydrogens (tertiary/aromatic N) is 3. The summed E-state index contributed by atoms with van der Waals surface area (Å²) < 4.78 is 8.73. The van der Waals surface area contributed by atoms with Gasteiger partial charge in [-0.15, -0.1) is 0 Å². The zero-order valence-corrected chi connectivity index (χ0v) is 30.3. The maximum atomic E-state index is 6.25. The lowest BCUT2D eigenvalue weighted by Gasteiger charge is -2.21. The molecule has 0 N–H and O–H groups in total. The summed E-state index contributed by atoms with van der Waals surface area (Å²) in [6, 6.07) is 69.3. The van der Waals surface area contributed by atoms with Crippen molar-refractivity contribution in [2.75, 3.05) is 0 Å². The highest BCUT2D eigenvalue weighted by Crippen LogP contribution is 2.46. The summed E-state index contributed by atoms with van der Waals surface area (Å²) in [4.78, 5) is 9.53. The zero-order chi connectivity index (χ0) is 37.0. The first-order valence-corrected chi connectivity index (χ1v) is 18.9. The molecule has 4 heteroatoms. The first kappa shape index (κ1) is 31.9. The van der Waals surface area contributed by atoms with E-state index >= 15 is 0 Å². The SMILES string of the molecule is c1ccc(-c2ccc3c(c2)c2cc(-c4ccccc4)ccc2n3-c2c(-c3ccccc3)cc(-c3ncnc4oc5ccccc5c34)cc2-c2ccccc2)cc1. The fourth-order valence-electron chi connectivity index (χ4n) is 8.35. The van der Waals surface area contributed by atoms with Crippen molar-refractivity contribution in [1.29, 1.82) is 0 Å². The number of hydrogen-bond acceptors (Lipinski definition) is 3. The molecule has 0 aliphatic carbocycles. The lowest BCUT2D eigenvalue weighted by Crippen LogP contribution is -2.02. The van der Waals surface area contributed by atoms with Crippen LogP contribution in [0.25, 0.3) is 105 Å². The second-order valence-electron chi connectivity index (χ2n) is 14.2. The van der Waals surface area contributed by atoms with Crippen LogP contribution in [0.3, 0.4) is 0 Å². The molecule has 8 aromatic carbocycles. The molecule has 0 radical (unpaired) electrons. The van der Waals surface area contributed by atoms with E-state index in [1.54, 1.807) is 6.33 Å². The molecule has 11 aromatic rings. The van der Waals surface area contributed by atoms with Crippen LogP contribution in [0.1, 0.15) is 0 Å². The number of fused-ring (bicyclic) bond motifs is 6. The third kappa shape index (κ3) is 5.23. The molecular weight excluding hydrogens is 683 g/mol. The van der Waals surface area contributed by atoms with Crippen LogP contribution < -0.4 is 0 Å². The Morgan fingerprint density at radius 3 is 1.39 bits per heavy atom.